The van der Waals surface area contributed by atoms with E-state index in [-0.39, 0.29) is 89.6 Å². The molecule has 5 fully saturated rings. The lowest BCUT2D eigenvalue weighted by Gasteiger charge is -2.42. The van der Waals surface area contributed by atoms with Gasteiger partial charge >= 0.3 is 0 Å². The van der Waals surface area contributed by atoms with Crippen LogP contribution in [0.1, 0.15) is 16.8 Å². The fraction of sp³-hybridized carbons (Fsp3) is 0.344. The van der Waals surface area contributed by atoms with Crippen molar-refractivity contribution in [3.8, 4) is 0 Å². The molecule has 6 aliphatic rings. The maximum Gasteiger partial charge on any atom is 0.260 e. The molecule has 6 aliphatic heterocycles. The molecule has 4 aromatic carbocycles. The lowest BCUT2D eigenvalue weighted by molar-refractivity contribution is -0.140. The Kier molecular flexibility index (Phi) is 17.2. The third-order valence-electron chi connectivity index (χ3n) is 17.6. The van der Waals surface area contributed by atoms with Gasteiger partial charge in [-0.2, -0.15) is 12.9 Å². The molecule has 0 saturated carbocycles. The zero-order valence-corrected chi connectivity index (χ0v) is 51.6. The molecule has 0 aliphatic carbocycles. The average Bonchev–Trinajstić information content (AvgIpc) is 0.984. The molecule has 5 saturated heterocycles. The van der Waals surface area contributed by atoms with Gasteiger partial charge in [-0.15, -0.1) is 0 Å². The molecule has 24 heteroatoms. The fourth-order valence-corrected chi connectivity index (χ4v) is 17.0. The SMILES string of the molecule is Cc1ccnc(S(=O)(=O)N2CC(C(=O)N3CCN(c4ccccc4)CC3)C2)c1.Cn1ccc2cc(S(=O)(=O)N3CC(C(=O)N4CCN(c5ccccc5)CC4)C3)ccc21.O=C(C1CN(S(=O)(=O)c2cccc3cnccc23)C1)N1CCc2cccnc2C1. The number of amides is 3. The molecule has 14 rings (SSSR count). The number of hydrogen-bond acceptors (Lipinski definition) is 14. The van der Waals surface area contributed by atoms with Gasteiger partial charge in [-0.3, -0.25) is 24.4 Å². The van der Waals surface area contributed by atoms with Crippen molar-refractivity contribution in [2.45, 2.75) is 34.7 Å². The Bertz CT molecular complexity index is 4220. The second kappa shape index (κ2) is 25.2. The van der Waals surface area contributed by atoms with Crippen LogP contribution in [0.15, 0.2) is 179 Å². The third-order valence-corrected chi connectivity index (χ3v) is 23.0. The van der Waals surface area contributed by atoms with Crippen LogP contribution in [0.5, 0.6) is 0 Å². The lowest BCUT2D eigenvalue weighted by atomic mass is 9.98. The van der Waals surface area contributed by atoms with E-state index in [0.717, 1.165) is 60.1 Å². The highest BCUT2D eigenvalue weighted by Gasteiger charge is 2.46. The number of carbonyl (C=O) groups excluding carboxylic acids is 3. The van der Waals surface area contributed by atoms with Gasteiger partial charge in [0.1, 0.15) is 0 Å². The molecular formula is C64H70N12O9S3. The number of benzene rings is 4. The monoisotopic (exact) mass is 1250 g/mol. The van der Waals surface area contributed by atoms with E-state index < -0.39 is 30.1 Å². The Balaban J connectivity index is 0.000000129. The van der Waals surface area contributed by atoms with Crippen LogP contribution in [-0.4, -0.2) is 188 Å². The summed E-state index contributed by atoms with van der Waals surface area (Å²) in [5.74, 6) is -0.683. The predicted octanol–water partition coefficient (Wildman–Crippen LogP) is 5.34. The van der Waals surface area contributed by atoms with Crippen molar-refractivity contribution in [1.29, 1.82) is 0 Å². The first kappa shape index (κ1) is 60.2. The van der Waals surface area contributed by atoms with Gasteiger partial charge in [-0.1, -0.05) is 54.6 Å². The number of fused-ring (bicyclic) bond motifs is 3. The molecular weight excluding hydrogens is 1180 g/mol. The van der Waals surface area contributed by atoms with Crippen molar-refractivity contribution < 1.29 is 39.6 Å². The van der Waals surface area contributed by atoms with E-state index in [9.17, 15) is 39.6 Å². The second-order valence-corrected chi connectivity index (χ2v) is 28.9. The Labute approximate surface area is 513 Å². The molecule has 8 aromatic rings. The van der Waals surface area contributed by atoms with Gasteiger partial charge in [0, 0.05) is 169 Å². The van der Waals surface area contributed by atoms with Gasteiger partial charge in [0.25, 0.3) is 10.0 Å². The summed E-state index contributed by atoms with van der Waals surface area (Å²) in [6, 6.07) is 41.6. The van der Waals surface area contributed by atoms with Crippen LogP contribution in [0.4, 0.5) is 11.4 Å². The molecule has 0 atom stereocenters. The van der Waals surface area contributed by atoms with Crippen molar-refractivity contribution in [3.05, 3.63) is 181 Å². The molecule has 3 amide bonds. The molecule has 458 valence electrons. The molecule has 0 N–H and O–H groups in total. The summed E-state index contributed by atoms with van der Waals surface area (Å²) >= 11 is 0. The van der Waals surface area contributed by atoms with Crippen LogP contribution in [0.3, 0.4) is 0 Å². The van der Waals surface area contributed by atoms with Crippen molar-refractivity contribution in [2.24, 2.45) is 24.8 Å². The Hall–Kier alpha value is -8.13. The number of aromatic nitrogens is 4. The number of pyridine rings is 3. The summed E-state index contributed by atoms with van der Waals surface area (Å²) in [7, 11) is -8.92. The number of anilines is 2. The summed E-state index contributed by atoms with van der Waals surface area (Å²) < 4.78 is 83.6. The minimum atomic E-state index is -3.65. The summed E-state index contributed by atoms with van der Waals surface area (Å²) in [5, 5.41) is 2.38. The quantitative estimate of drug-likeness (QED) is 0.160. The first-order valence-electron chi connectivity index (χ1n) is 29.6. The van der Waals surface area contributed by atoms with E-state index in [1.54, 1.807) is 66.0 Å². The Morgan fingerprint density at radius 2 is 1.06 bits per heavy atom. The van der Waals surface area contributed by atoms with Crippen LogP contribution >= 0.6 is 0 Å². The Morgan fingerprint density at radius 1 is 0.489 bits per heavy atom. The largest absolute Gasteiger partial charge is 0.368 e. The van der Waals surface area contributed by atoms with Crippen molar-refractivity contribution in [2.75, 3.05) is 108 Å². The highest BCUT2D eigenvalue weighted by atomic mass is 32.2. The topological polar surface area (TPSA) is 223 Å². The minimum Gasteiger partial charge on any atom is -0.368 e. The van der Waals surface area contributed by atoms with Crippen molar-refractivity contribution in [1.82, 2.24) is 47.1 Å². The predicted molar refractivity (Wildman–Crippen MR) is 334 cm³/mol. The van der Waals surface area contributed by atoms with Crippen LogP contribution in [-0.2, 0) is 64.5 Å². The smallest absolute Gasteiger partial charge is 0.260 e. The van der Waals surface area contributed by atoms with Gasteiger partial charge in [0.15, 0.2) is 5.03 Å². The molecule has 88 heavy (non-hydrogen) atoms. The summed E-state index contributed by atoms with van der Waals surface area (Å²) in [6.45, 7) is 10.2. The molecule has 0 radical (unpaired) electrons. The molecule has 21 nitrogen and oxygen atoms in total. The minimum absolute atomic E-state index is 0.00914. The average molecular weight is 1250 g/mol. The number of aryl methyl sites for hydroxylation is 2. The summed E-state index contributed by atoms with van der Waals surface area (Å²) in [6.07, 6.45) is 9.18. The standard InChI is InChI=1S/C23H26N4O3S.C21H20N4O3S.C20H24N4O3S/c1-24-10-9-18-15-21(7-8-22(18)24)31(29,30)27-16-19(17-27)23(28)26-13-11-25(12-14-26)20-5-3-2-4-6-20;26-21(24-10-7-15-4-2-8-23-19(15)14-24)17-12-25(13-17)29(27,28)20-5-1-3-16-11-22-9-6-18(16)20;1-16-7-8-21-19(13-16)28(26,27)24-14-17(15-24)20(25)23-11-9-22(10-12-23)18-5-3-2-4-6-18/h2-10,15,19H,11-14,16-17H2,1H3;1-6,8-9,11,17H,7,10,12-14H2;2-8,13,17H,9-12,14-15H2,1H3. The molecule has 0 spiro atoms. The van der Waals surface area contributed by atoms with Crippen LogP contribution < -0.4 is 9.80 Å². The van der Waals surface area contributed by atoms with Crippen LogP contribution in [0, 0.1) is 24.7 Å². The zero-order valence-electron chi connectivity index (χ0n) is 49.1. The zero-order chi connectivity index (χ0) is 61.3. The second-order valence-electron chi connectivity index (χ2n) is 23.1. The Morgan fingerprint density at radius 3 is 1.65 bits per heavy atom. The third kappa shape index (κ3) is 12.4. The number of nitrogens with zero attached hydrogens (tertiary/aromatic N) is 12. The van der Waals surface area contributed by atoms with Crippen LogP contribution in [0.2, 0.25) is 0 Å². The van der Waals surface area contributed by atoms with E-state index in [0.29, 0.717) is 44.7 Å². The molecule has 4 aromatic heterocycles. The summed E-state index contributed by atoms with van der Waals surface area (Å²) in [5.41, 5.74) is 6.29. The van der Waals surface area contributed by atoms with E-state index in [1.165, 1.54) is 36.1 Å². The van der Waals surface area contributed by atoms with Crippen molar-refractivity contribution in [3.63, 3.8) is 0 Å². The highest BCUT2D eigenvalue weighted by Crippen LogP contribution is 2.33. The van der Waals surface area contributed by atoms with E-state index in [4.69, 9.17) is 0 Å². The molecule has 0 unspecified atom stereocenters. The first-order chi connectivity index (χ1) is 42.4. The number of hydrogen-bond donors (Lipinski definition) is 0. The van der Waals surface area contributed by atoms with Gasteiger partial charge in [-0.25, -0.2) is 30.2 Å². The lowest BCUT2D eigenvalue weighted by Crippen LogP contribution is -2.59. The number of rotatable bonds is 11. The number of carbonyl (C=O) groups is 3. The maximum atomic E-state index is 13.1. The summed E-state index contributed by atoms with van der Waals surface area (Å²) in [4.78, 5) is 61.6. The van der Waals surface area contributed by atoms with Crippen LogP contribution in [0.25, 0.3) is 21.7 Å². The van der Waals surface area contributed by atoms with Gasteiger partial charge in [0.05, 0.1) is 39.8 Å². The van der Waals surface area contributed by atoms with E-state index >= 15 is 0 Å². The highest BCUT2D eigenvalue weighted by molar-refractivity contribution is 7.89. The molecule has 0 bridgehead atoms. The van der Waals surface area contributed by atoms with Crippen molar-refractivity contribution >= 4 is 80.8 Å². The number of para-hydroxylation sites is 2. The number of piperazine rings is 2. The maximum absolute atomic E-state index is 13.1. The number of sulfonamides is 3. The van der Waals surface area contributed by atoms with E-state index in [2.05, 4.69) is 49.0 Å². The van der Waals surface area contributed by atoms with Gasteiger partial charge in [-0.05, 0) is 103 Å². The fourth-order valence-electron chi connectivity index (χ4n) is 12.1. The molecule has 10 heterocycles. The van der Waals surface area contributed by atoms with E-state index in [1.807, 2.05) is 101 Å². The van der Waals surface area contributed by atoms with Gasteiger partial charge < -0.3 is 29.1 Å². The van der Waals surface area contributed by atoms with Gasteiger partial charge in [0.2, 0.25) is 37.8 Å². The first-order valence-corrected chi connectivity index (χ1v) is 33.9. The normalized spacial score (nSPS) is 18.3.